The molecule has 0 spiro atoms. The maximum atomic E-state index is 11.7. The molecule has 1 saturated heterocycles. The van der Waals surface area contributed by atoms with Crippen molar-refractivity contribution in [1.82, 2.24) is 4.90 Å². The zero-order valence-electron chi connectivity index (χ0n) is 8.68. The van der Waals surface area contributed by atoms with E-state index in [0.29, 0.717) is 26.1 Å². The van der Waals surface area contributed by atoms with E-state index in [2.05, 4.69) is 4.74 Å². The molecule has 0 saturated carbocycles. The number of alkyl halides is 3. The highest BCUT2D eigenvalue weighted by Crippen LogP contribution is 2.23. The summed E-state index contributed by atoms with van der Waals surface area (Å²) in [7, 11) is 0. The van der Waals surface area contributed by atoms with Gasteiger partial charge in [0.1, 0.15) is 6.61 Å². The van der Waals surface area contributed by atoms with Crippen LogP contribution < -0.4 is 0 Å². The number of likely N-dealkylation sites (tertiary alicyclic amines) is 1. The van der Waals surface area contributed by atoms with Gasteiger partial charge in [-0.1, -0.05) is 6.92 Å². The van der Waals surface area contributed by atoms with Gasteiger partial charge in [0.15, 0.2) is 0 Å². The van der Waals surface area contributed by atoms with Crippen molar-refractivity contribution >= 4 is 0 Å². The fraction of sp³-hybridized carbons (Fsp3) is 1.00. The van der Waals surface area contributed by atoms with Crippen molar-refractivity contribution < 1.29 is 23.0 Å². The SMILES string of the molecule is CCC1(O)CN(CCOCC(F)(F)F)C1. The molecule has 1 aliphatic heterocycles. The van der Waals surface area contributed by atoms with Crippen LogP contribution in [0.25, 0.3) is 0 Å². The predicted octanol–water partition coefficient (Wildman–Crippen LogP) is 1.02. The van der Waals surface area contributed by atoms with Crippen LogP contribution in [0, 0.1) is 0 Å². The van der Waals surface area contributed by atoms with Gasteiger partial charge in [-0.3, -0.25) is 4.90 Å². The van der Waals surface area contributed by atoms with Gasteiger partial charge in [-0.15, -0.1) is 0 Å². The van der Waals surface area contributed by atoms with E-state index in [1.807, 2.05) is 11.8 Å². The first-order chi connectivity index (χ1) is 6.85. The molecule has 1 fully saturated rings. The molecule has 0 bridgehead atoms. The highest BCUT2D eigenvalue weighted by Gasteiger charge is 2.38. The molecule has 3 nitrogen and oxygen atoms in total. The Morgan fingerprint density at radius 3 is 2.47 bits per heavy atom. The van der Waals surface area contributed by atoms with E-state index in [0.717, 1.165) is 0 Å². The Morgan fingerprint density at radius 1 is 1.40 bits per heavy atom. The van der Waals surface area contributed by atoms with Crippen LogP contribution in [0.15, 0.2) is 0 Å². The molecule has 1 aliphatic rings. The molecule has 6 heteroatoms. The molecular weight excluding hydrogens is 211 g/mol. The van der Waals surface area contributed by atoms with E-state index < -0.39 is 18.4 Å². The number of rotatable bonds is 5. The molecule has 0 unspecified atom stereocenters. The molecule has 0 radical (unpaired) electrons. The van der Waals surface area contributed by atoms with Crippen molar-refractivity contribution in [1.29, 1.82) is 0 Å². The van der Waals surface area contributed by atoms with Gasteiger partial charge in [-0.2, -0.15) is 13.2 Å². The molecule has 0 aromatic rings. The molecule has 1 rings (SSSR count). The summed E-state index contributed by atoms with van der Waals surface area (Å²) in [5.74, 6) is 0. The van der Waals surface area contributed by atoms with Crippen molar-refractivity contribution in [3.63, 3.8) is 0 Å². The van der Waals surface area contributed by atoms with Crippen molar-refractivity contribution in [3.8, 4) is 0 Å². The smallest absolute Gasteiger partial charge is 0.387 e. The maximum Gasteiger partial charge on any atom is 0.411 e. The quantitative estimate of drug-likeness (QED) is 0.712. The summed E-state index contributed by atoms with van der Waals surface area (Å²) < 4.78 is 39.5. The Morgan fingerprint density at radius 2 is 2.00 bits per heavy atom. The minimum atomic E-state index is -4.25. The van der Waals surface area contributed by atoms with Crippen LogP contribution in [-0.4, -0.2) is 54.6 Å². The molecule has 0 aliphatic carbocycles. The van der Waals surface area contributed by atoms with Gasteiger partial charge < -0.3 is 9.84 Å². The third-order valence-corrected chi connectivity index (χ3v) is 2.51. The lowest BCUT2D eigenvalue weighted by Gasteiger charge is -2.46. The molecule has 0 aromatic heterocycles. The van der Waals surface area contributed by atoms with E-state index in [1.165, 1.54) is 0 Å². The lowest BCUT2D eigenvalue weighted by Crippen LogP contribution is -2.61. The van der Waals surface area contributed by atoms with E-state index in [4.69, 9.17) is 0 Å². The highest BCUT2D eigenvalue weighted by atomic mass is 19.4. The zero-order valence-corrected chi connectivity index (χ0v) is 8.68. The lowest BCUT2D eigenvalue weighted by atomic mass is 9.91. The number of β-amino-alcohol motifs (C(OH)–C–C–N with tert-alkyl or cyclic N) is 1. The lowest BCUT2D eigenvalue weighted by molar-refractivity contribution is -0.178. The fourth-order valence-electron chi connectivity index (χ4n) is 1.55. The average molecular weight is 227 g/mol. The fourth-order valence-corrected chi connectivity index (χ4v) is 1.55. The maximum absolute atomic E-state index is 11.7. The van der Waals surface area contributed by atoms with Crippen LogP contribution >= 0.6 is 0 Å². The summed E-state index contributed by atoms with van der Waals surface area (Å²) in [5.41, 5.74) is -0.635. The minimum absolute atomic E-state index is 0.0549. The molecule has 1 N–H and O–H groups in total. The largest absolute Gasteiger partial charge is 0.411 e. The monoisotopic (exact) mass is 227 g/mol. The first-order valence-corrected chi connectivity index (χ1v) is 4.94. The van der Waals surface area contributed by atoms with Crippen LogP contribution in [0.1, 0.15) is 13.3 Å². The van der Waals surface area contributed by atoms with E-state index >= 15 is 0 Å². The third-order valence-electron chi connectivity index (χ3n) is 2.51. The van der Waals surface area contributed by atoms with Gasteiger partial charge in [0.2, 0.25) is 0 Å². The molecule has 15 heavy (non-hydrogen) atoms. The molecule has 0 amide bonds. The van der Waals surface area contributed by atoms with Crippen LogP contribution in [0.2, 0.25) is 0 Å². The normalized spacial score (nSPS) is 21.4. The molecular formula is C9H16F3NO2. The second-order valence-electron chi connectivity index (χ2n) is 3.96. The zero-order chi connectivity index (χ0) is 11.5. The van der Waals surface area contributed by atoms with Crippen molar-refractivity contribution in [2.75, 3.05) is 32.8 Å². The van der Waals surface area contributed by atoms with Crippen LogP contribution in [0.5, 0.6) is 0 Å². The summed E-state index contributed by atoms with van der Waals surface area (Å²) in [5, 5.41) is 9.61. The third kappa shape index (κ3) is 4.36. The topological polar surface area (TPSA) is 32.7 Å². The minimum Gasteiger partial charge on any atom is -0.387 e. The van der Waals surface area contributed by atoms with E-state index in [9.17, 15) is 18.3 Å². The average Bonchev–Trinajstić information content (AvgIpc) is 2.07. The number of halogens is 3. The number of hydrogen-bond donors (Lipinski definition) is 1. The second-order valence-corrected chi connectivity index (χ2v) is 3.96. The second kappa shape index (κ2) is 4.67. The Kier molecular flexibility index (Phi) is 3.97. The van der Waals surface area contributed by atoms with Crippen molar-refractivity contribution in [2.45, 2.75) is 25.1 Å². The summed E-state index contributed by atoms with van der Waals surface area (Å²) in [6.07, 6.45) is -3.58. The number of nitrogens with zero attached hydrogens (tertiary/aromatic N) is 1. The van der Waals surface area contributed by atoms with Crippen LogP contribution in [0.3, 0.4) is 0 Å². The van der Waals surface area contributed by atoms with Gasteiger partial charge in [-0.25, -0.2) is 0 Å². The molecule has 1 heterocycles. The summed E-state index contributed by atoms with van der Waals surface area (Å²) in [4.78, 5) is 1.87. The van der Waals surface area contributed by atoms with Crippen LogP contribution in [-0.2, 0) is 4.74 Å². The van der Waals surface area contributed by atoms with E-state index in [-0.39, 0.29) is 6.61 Å². The first-order valence-electron chi connectivity index (χ1n) is 4.94. The molecule has 0 aromatic carbocycles. The van der Waals surface area contributed by atoms with Crippen molar-refractivity contribution in [3.05, 3.63) is 0 Å². The number of aliphatic hydroxyl groups is 1. The number of hydrogen-bond acceptors (Lipinski definition) is 3. The standard InChI is InChI=1S/C9H16F3NO2/c1-2-8(14)5-13(6-8)3-4-15-7-9(10,11)12/h14H,2-7H2,1H3. The van der Waals surface area contributed by atoms with Gasteiger partial charge in [-0.05, 0) is 6.42 Å². The summed E-state index contributed by atoms with van der Waals surface area (Å²) in [6, 6.07) is 0. The Bertz CT molecular complexity index is 202. The Hall–Kier alpha value is -0.330. The molecule has 90 valence electrons. The van der Waals surface area contributed by atoms with Gasteiger partial charge >= 0.3 is 6.18 Å². The van der Waals surface area contributed by atoms with Crippen LogP contribution in [0.4, 0.5) is 13.2 Å². The van der Waals surface area contributed by atoms with E-state index in [1.54, 1.807) is 0 Å². The first kappa shape index (κ1) is 12.7. The highest BCUT2D eigenvalue weighted by molar-refractivity contribution is 4.93. The molecule has 0 atom stereocenters. The summed E-state index contributed by atoms with van der Waals surface area (Å²) >= 11 is 0. The predicted molar refractivity (Wildman–Crippen MR) is 48.6 cm³/mol. The number of ether oxygens (including phenoxy) is 1. The Balaban J connectivity index is 2.00. The van der Waals surface area contributed by atoms with Gasteiger partial charge in [0.25, 0.3) is 0 Å². The Labute approximate surface area is 86.8 Å². The van der Waals surface area contributed by atoms with Gasteiger partial charge in [0, 0.05) is 19.6 Å². The van der Waals surface area contributed by atoms with Crippen molar-refractivity contribution in [2.24, 2.45) is 0 Å². The van der Waals surface area contributed by atoms with Gasteiger partial charge in [0.05, 0.1) is 12.2 Å². The summed E-state index contributed by atoms with van der Waals surface area (Å²) in [6.45, 7) is 2.24.